The van der Waals surface area contributed by atoms with Gasteiger partial charge in [-0.25, -0.2) is 0 Å². The van der Waals surface area contributed by atoms with Crippen LogP contribution in [0.5, 0.6) is 11.5 Å². The van der Waals surface area contributed by atoms with Gasteiger partial charge in [0, 0.05) is 18.6 Å². The molecule has 0 N–H and O–H groups in total. The molecule has 1 heterocycles. The van der Waals surface area contributed by atoms with Gasteiger partial charge < -0.3 is 23.0 Å². The highest BCUT2D eigenvalue weighted by atomic mass is 31.2. The van der Waals surface area contributed by atoms with Crippen molar-refractivity contribution < 1.29 is 37.0 Å². The molecule has 1 aliphatic rings. The fourth-order valence-electron chi connectivity index (χ4n) is 7.39. The predicted octanol–water partition coefficient (Wildman–Crippen LogP) is 12.4. The summed E-state index contributed by atoms with van der Waals surface area (Å²) < 4.78 is 56.7. The van der Waals surface area contributed by atoms with E-state index >= 15 is 0 Å². The monoisotopic (exact) mass is 742 g/mol. The van der Waals surface area contributed by atoms with Crippen LogP contribution in [0.3, 0.4) is 0 Å². The van der Waals surface area contributed by atoms with E-state index < -0.39 is 26.3 Å². The van der Waals surface area contributed by atoms with Gasteiger partial charge in [0.15, 0.2) is 0 Å². The minimum atomic E-state index is -3.82. The van der Waals surface area contributed by atoms with Crippen LogP contribution in [0, 0.1) is 38.5 Å². The van der Waals surface area contributed by atoms with Crippen molar-refractivity contribution in [3.8, 4) is 11.5 Å². The highest BCUT2D eigenvalue weighted by molar-refractivity contribution is 7.74. The Morgan fingerprint density at radius 3 is 1.86 bits per heavy atom. The summed E-state index contributed by atoms with van der Waals surface area (Å²) >= 11 is 0. The second-order valence-electron chi connectivity index (χ2n) is 15.6. The van der Waals surface area contributed by atoms with Crippen molar-refractivity contribution in [2.45, 2.75) is 171 Å². The molecule has 0 aliphatic carbocycles. The molecule has 0 bridgehead atoms. The van der Waals surface area contributed by atoms with E-state index in [2.05, 4.69) is 34.6 Å². The van der Waals surface area contributed by atoms with E-state index in [0.717, 1.165) is 71.4 Å². The highest BCUT2D eigenvalue weighted by Crippen LogP contribution is 2.69. The molecular formula is C40H72O8P2. The van der Waals surface area contributed by atoms with E-state index in [1.165, 1.54) is 51.6 Å². The molecule has 5 atom stereocenters. The van der Waals surface area contributed by atoms with E-state index in [9.17, 15) is 13.9 Å². The molecule has 0 saturated carbocycles. The summed E-state index contributed by atoms with van der Waals surface area (Å²) in [6.07, 6.45) is 13.1. The van der Waals surface area contributed by atoms with Crippen molar-refractivity contribution in [3.63, 3.8) is 0 Å². The van der Waals surface area contributed by atoms with Crippen LogP contribution in [0.25, 0.3) is 0 Å². The molecular weight excluding hydrogens is 670 g/mol. The number of carbonyl (C=O) groups is 1. The minimum Gasteiger partial charge on any atom is -0.487 e. The fraction of sp³-hybridized carbons (Fsp3) is 0.825. The third-order valence-electron chi connectivity index (χ3n) is 10.6. The third-order valence-corrected chi connectivity index (χ3v) is 17.0. The van der Waals surface area contributed by atoms with Crippen LogP contribution in [0.4, 0.5) is 0 Å². The summed E-state index contributed by atoms with van der Waals surface area (Å²) in [6, 6.07) is 0. The fourth-order valence-corrected chi connectivity index (χ4v) is 12.9. The lowest BCUT2D eigenvalue weighted by Crippen LogP contribution is -2.37. The highest BCUT2D eigenvalue weighted by Gasteiger charge is 2.47. The maximum absolute atomic E-state index is 13.7. The molecule has 0 spiro atoms. The number of carbonyl (C=O) groups excluding carboxylic acids is 1. The molecule has 50 heavy (non-hydrogen) atoms. The van der Waals surface area contributed by atoms with Crippen molar-refractivity contribution in [1.82, 2.24) is 0 Å². The van der Waals surface area contributed by atoms with Gasteiger partial charge in [-0.1, -0.05) is 72.6 Å². The first-order valence-corrected chi connectivity index (χ1v) is 23.3. The topological polar surface area (TPSA) is 97.4 Å². The number of hydrogen-bond donors (Lipinski definition) is 0. The Hall–Kier alpha value is -1.17. The van der Waals surface area contributed by atoms with Crippen LogP contribution in [0.15, 0.2) is 0 Å². The largest absolute Gasteiger partial charge is 0.487 e. The van der Waals surface area contributed by atoms with Gasteiger partial charge >= 0.3 is 13.6 Å². The summed E-state index contributed by atoms with van der Waals surface area (Å²) in [7, 11) is -7.26. The first-order valence-electron chi connectivity index (χ1n) is 19.6. The molecule has 8 nitrogen and oxygen atoms in total. The van der Waals surface area contributed by atoms with Gasteiger partial charge in [-0.2, -0.15) is 0 Å². The Labute approximate surface area is 305 Å². The summed E-state index contributed by atoms with van der Waals surface area (Å²) in [5.41, 5.74) is 3.63. The first-order chi connectivity index (χ1) is 23.4. The second kappa shape index (κ2) is 20.9. The third kappa shape index (κ3) is 13.4. The normalized spacial score (nSPS) is 19.4. The molecule has 290 valence electrons. The van der Waals surface area contributed by atoms with Crippen LogP contribution >= 0.6 is 15.0 Å². The van der Waals surface area contributed by atoms with Crippen LogP contribution < -0.4 is 9.47 Å². The molecule has 0 aromatic heterocycles. The zero-order chi connectivity index (χ0) is 37.7. The van der Waals surface area contributed by atoms with E-state index in [4.69, 9.17) is 23.0 Å². The van der Waals surface area contributed by atoms with Gasteiger partial charge in [-0.05, 0) is 115 Å². The smallest absolute Gasteiger partial charge is 0.343 e. The lowest BCUT2D eigenvalue weighted by atomic mass is 9.83. The molecule has 5 unspecified atom stereocenters. The van der Waals surface area contributed by atoms with Gasteiger partial charge in [0.2, 0.25) is 7.37 Å². The lowest BCUT2D eigenvalue weighted by molar-refractivity contribution is -0.134. The molecule has 0 amide bonds. The number of rotatable bonds is 24. The molecule has 1 aromatic rings. The average molecular weight is 743 g/mol. The Kier molecular flexibility index (Phi) is 18.8. The van der Waals surface area contributed by atoms with Gasteiger partial charge in [0.25, 0.3) is 0 Å². The quantitative estimate of drug-likeness (QED) is 0.0586. The lowest BCUT2D eigenvalue weighted by Gasteiger charge is -2.38. The summed E-state index contributed by atoms with van der Waals surface area (Å²) in [5, 5.41) is -1.07. The molecule has 10 heteroatoms. The van der Waals surface area contributed by atoms with Gasteiger partial charge in [0.05, 0.1) is 19.8 Å². The first kappa shape index (κ1) is 45.0. The zero-order valence-corrected chi connectivity index (χ0v) is 35.6. The average Bonchev–Trinajstić information content (AvgIpc) is 3.02. The maximum Gasteiger partial charge on any atom is 0.343 e. The predicted molar refractivity (Wildman–Crippen MR) is 207 cm³/mol. The van der Waals surface area contributed by atoms with Gasteiger partial charge in [-0.3, -0.25) is 13.9 Å². The van der Waals surface area contributed by atoms with Crippen LogP contribution in [-0.2, 0) is 33.9 Å². The molecule has 1 aliphatic heterocycles. The van der Waals surface area contributed by atoms with Crippen LogP contribution in [0.2, 0.25) is 0 Å². The Morgan fingerprint density at radius 1 is 0.780 bits per heavy atom. The molecule has 1 aromatic carbocycles. The molecule has 0 fully saturated rings. The molecule has 2 rings (SSSR count). The van der Waals surface area contributed by atoms with Crippen molar-refractivity contribution in [3.05, 3.63) is 22.3 Å². The zero-order valence-electron chi connectivity index (χ0n) is 33.8. The van der Waals surface area contributed by atoms with Gasteiger partial charge in [0.1, 0.15) is 22.5 Å². The van der Waals surface area contributed by atoms with Crippen molar-refractivity contribution in [2.75, 3.05) is 26.5 Å². The minimum absolute atomic E-state index is 0.0104. The summed E-state index contributed by atoms with van der Waals surface area (Å²) in [4.78, 5) is 13.3. The molecule has 0 saturated heterocycles. The van der Waals surface area contributed by atoms with Crippen LogP contribution in [-0.4, -0.2) is 43.5 Å². The standard InChI is InChI=1S/C40H72O8P2/c1-13-44-49(12,42)37(50(43,45-14-2)46-15-3)25-24-36(41)47-38-32(8)33(9)39-35(34(38)10)26-28-40(11,48-39)27-18-23-31(7)22-17-21-30(6)20-16-19-29(4)5/h29-31,37H,13-28H2,1-12H3. The van der Waals surface area contributed by atoms with Gasteiger partial charge in [-0.15, -0.1) is 0 Å². The number of ether oxygens (including phenoxy) is 2. The number of benzene rings is 1. The Bertz CT molecular complexity index is 1300. The second-order valence-corrected chi connectivity index (χ2v) is 20.9. The summed E-state index contributed by atoms with van der Waals surface area (Å²) in [5.74, 6) is 3.34. The van der Waals surface area contributed by atoms with E-state index in [1.807, 2.05) is 20.8 Å². The van der Waals surface area contributed by atoms with Crippen LogP contribution in [0.1, 0.15) is 155 Å². The molecule has 0 radical (unpaired) electrons. The SMILES string of the molecule is CCOP(C)(=O)C(CCC(=O)Oc1c(C)c(C)c2c(c1C)CCC(C)(CCCC(C)CCCC(C)CCCC(C)C)O2)P(=O)(OCC)OCC. The Balaban J connectivity index is 2.04. The Morgan fingerprint density at radius 2 is 1.32 bits per heavy atom. The van der Waals surface area contributed by atoms with E-state index in [0.29, 0.717) is 5.75 Å². The van der Waals surface area contributed by atoms with E-state index in [-0.39, 0.29) is 38.3 Å². The number of esters is 1. The number of hydrogen-bond acceptors (Lipinski definition) is 8. The van der Waals surface area contributed by atoms with Crippen molar-refractivity contribution in [1.29, 1.82) is 0 Å². The maximum atomic E-state index is 13.7. The van der Waals surface area contributed by atoms with Crippen molar-refractivity contribution in [2.24, 2.45) is 17.8 Å². The number of fused-ring (bicyclic) bond motifs is 1. The summed E-state index contributed by atoms with van der Waals surface area (Å²) in [6.45, 7) is 24.7. The van der Waals surface area contributed by atoms with E-state index in [1.54, 1.807) is 20.8 Å². The van der Waals surface area contributed by atoms with Crippen molar-refractivity contribution >= 4 is 20.9 Å².